The summed E-state index contributed by atoms with van der Waals surface area (Å²) >= 11 is 5.80. The zero-order valence-electron chi connectivity index (χ0n) is 16.8. The van der Waals surface area contributed by atoms with Crippen molar-refractivity contribution in [3.63, 3.8) is 0 Å². The van der Waals surface area contributed by atoms with E-state index in [0.717, 1.165) is 19.3 Å². The summed E-state index contributed by atoms with van der Waals surface area (Å²) in [6, 6.07) is 4.45. The van der Waals surface area contributed by atoms with Gasteiger partial charge in [-0.05, 0) is 37.5 Å². The lowest BCUT2D eigenvalue weighted by Crippen LogP contribution is -2.78. The van der Waals surface area contributed by atoms with Crippen LogP contribution in [0.3, 0.4) is 0 Å². The fourth-order valence-corrected chi connectivity index (χ4v) is 5.18. The average Bonchev–Trinajstić information content (AvgIpc) is 3.07. The molecule has 1 aromatic heterocycles. The van der Waals surface area contributed by atoms with Gasteiger partial charge in [0.05, 0.1) is 29.8 Å². The van der Waals surface area contributed by atoms with Crippen LogP contribution >= 0.6 is 11.6 Å². The van der Waals surface area contributed by atoms with E-state index in [4.69, 9.17) is 16.3 Å². The molecular weight excluding hydrogens is 454 g/mol. The van der Waals surface area contributed by atoms with E-state index in [9.17, 15) is 22.4 Å². The number of imidazole rings is 1. The molecule has 4 fully saturated rings. The maximum atomic E-state index is 14.2. The predicted molar refractivity (Wildman–Crippen MR) is 105 cm³/mol. The summed E-state index contributed by atoms with van der Waals surface area (Å²) in [4.78, 5) is 16.5. The summed E-state index contributed by atoms with van der Waals surface area (Å²) in [5.74, 6) is -0.722. The highest BCUT2D eigenvalue weighted by Gasteiger charge is 2.69. The van der Waals surface area contributed by atoms with Gasteiger partial charge in [0.25, 0.3) is 0 Å². The molecule has 32 heavy (non-hydrogen) atoms. The first-order chi connectivity index (χ1) is 15.0. The highest BCUT2D eigenvalue weighted by Crippen LogP contribution is 2.65. The second-order valence-corrected chi connectivity index (χ2v) is 9.40. The van der Waals surface area contributed by atoms with Crippen molar-refractivity contribution >= 4 is 17.5 Å². The van der Waals surface area contributed by atoms with Crippen LogP contribution in [0.1, 0.15) is 32.1 Å². The van der Waals surface area contributed by atoms with Crippen molar-refractivity contribution in [2.45, 2.75) is 61.8 Å². The highest BCUT2D eigenvalue weighted by atomic mass is 35.5. The number of alkyl halides is 3. The Morgan fingerprint density at radius 1 is 1.25 bits per heavy atom. The Kier molecular flexibility index (Phi) is 5.03. The molecule has 6 rings (SSSR count). The van der Waals surface area contributed by atoms with Crippen LogP contribution in [0.5, 0.6) is 0 Å². The number of halogens is 5. The third-order valence-electron chi connectivity index (χ3n) is 6.55. The van der Waals surface area contributed by atoms with Gasteiger partial charge in [0.2, 0.25) is 5.91 Å². The summed E-state index contributed by atoms with van der Waals surface area (Å²) in [7, 11) is 0. The Morgan fingerprint density at radius 2 is 1.97 bits per heavy atom. The smallest absolute Gasteiger partial charge is 0.368 e. The number of aromatic nitrogens is 2. The van der Waals surface area contributed by atoms with Gasteiger partial charge < -0.3 is 14.6 Å². The van der Waals surface area contributed by atoms with Crippen molar-refractivity contribution < 1.29 is 31.8 Å². The minimum absolute atomic E-state index is 0.123. The molecule has 4 aliphatic carbocycles. The van der Waals surface area contributed by atoms with Gasteiger partial charge in [-0.25, -0.2) is 9.37 Å². The number of nitrogens with one attached hydrogen (secondary N) is 1. The van der Waals surface area contributed by atoms with Gasteiger partial charge >= 0.3 is 6.36 Å². The zero-order chi connectivity index (χ0) is 22.7. The lowest BCUT2D eigenvalue weighted by Gasteiger charge is -2.70. The Balaban J connectivity index is 1.08. The summed E-state index contributed by atoms with van der Waals surface area (Å²) < 4.78 is 61.8. The molecule has 11 heteroatoms. The number of amides is 1. The number of nitrogens with zero attached hydrogens (tertiary/aromatic N) is 2. The number of benzene rings is 1. The first kappa shape index (κ1) is 21.7. The van der Waals surface area contributed by atoms with Crippen LogP contribution in [0.15, 0.2) is 30.7 Å². The second-order valence-electron chi connectivity index (χ2n) is 8.96. The Labute approximate surface area is 185 Å². The van der Waals surface area contributed by atoms with E-state index in [1.54, 1.807) is 24.7 Å². The summed E-state index contributed by atoms with van der Waals surface area (Å²) in [5, 5.41) is 3.29. The molecule has 4 aliphatic rings. The topological polar surface area (TPSA) is 65.4 Å². The van der Waals surface area contributed by atoms with Gasteiger partial charge in [-0.2, -0.15) is 0 Å². The van der Waals surface area contributed by atoms with Gasteiger partial charge in [-0.15, -0.1) is 13.2 Å². The maximum Gasteiger partial charge on any atom is 0.522 e. The molecule has 1 N–H and O–H groups in total. The molecule has 0 saturated heterocycles. The van der Waals surface area contributed by atoms with E-state index in [2.05, 4.69) is 15.0 Å². The monoisotopic (exact) mass is 473 g/mol. The van der Waals surface area contributed by atoms with Gasteiger partial charge in [0.1, 0.15) is 12.4 Å². The van der Waals surface area contributed by atoms with Crippen LogP contribution in [0.25, 0.3) is 11.3 Å². The minimum atomic E-state index is -4.65. The zero-order valence-corrected chi connectivity index (χ0v) is 17.5. The molecule has 6 nitrogen and oxygen atoms in total. The third-order valence-corrected chi connectivity index (χ3v) is 6.78. The van der Waals surface area contributed by atoms with E-state index in [1.165, 1.54) is 6.07 Å². The van der Waals surface area contributed by atoms with Crippen LogP contribution in [0, 0.1) is 5.82 Å². The van der Waals surface area contributed by atoms with Crippen molar-refractivity contribution in [3.05, 3.63) is 41.6 Å². The van der Waals surface area contributed by atoms with Crippen LogP contribution in [-0.4, -0.2) is 46.2 Å². The summed E-state index contributed by atoms with van der Waals surface area (Å²) in [6.07, 6.45) is -0.0282. The van der Waals surface area contributed by atoms with E-state index >= 15 is 0 Å². The molecule has 1 aromatic carbocycles. The van der Waals surface area contributed by atoms with Crippen LogP contribution in [-0.2, 0) is 19.8 Å². The fourth-order valence-electron chi connectivity index (χ4n) is 5.02. The third kappa shape index (κ3) is 3.99. The largest absolute Gasteiger partial charge is 0.522 e. The normalized spacial score (nSPS) is 30.8. The lowest BCUT2D eigenvalue weighted by molar-refractivity contribution is -0.357. The van der Waals surface area contributed by atoms with Gasteiger partial charge in [-0.3, -0.25) is 9.53 Å². The SMILES string of the molecule is O=C(CO[C@H]1C[C@@H](OC(F)(F)F)C1)NC12CC(n3cnc(-c4ccc(Cl)cc4F)c3)(C1)C2. The standard InChI is InChI=1S/C21H20ClF4N3O3/c22-12-1-2-15(16(23)3-12)17-6-29(11-27-17)20-8-19(9-20,10-20)28-18(30)7-31-13-4-14(5-13)32-21(24,25)26/h1-3,6,11,13-14H,4-5,7-10H2,(H,28,30)/t13-,14+,19?,20?. The number of hydrogen-bond acceptors (Lipinski definition) is 4. The van der Waals surface area contributed by atoms with Crippen LogP contribution in [0.2, 0.25) is 5.02 Å². The van der Waals surface area contributed by atoms with Crippen molar-refractivity contribution in [2.75, 3.05) is 6.61 Å². The number of rotatable bonds is 7. The maximum absolute atomic E-state index is 14.2. The molecule has 4 saturated carbocycles. The Bertz CT molecular complexity index is 1030. The quantitative estimate of drug-likeness (QED) is 0.613. The van der Waals surface area contributed by atoms with E-state index < -0.39 is 24.4 Å². The molecule has 0 atom stereocenters. The van der Waals surface area contributed by atoms with Crippen LogP contribution in [0.4, 0.5) is 17.6 Å². The van der Waals surface area contributed by atoms with Gasteiger partial charge in [0.15, 0.2) is 0 Å². The van der Waals surface area contributed by atoms with Crippen molar-refractivity contribution in [1.29, 1.82) is 0 Å². The van der Waals surface area contributed by atoms with Crippen LogP contribution < -0.4 is 5.32 Å². The minimum Gasteiger partial charge on any atom is -0.368 e. The van der Waals surface area contributed by atoms with Crippen molar-refractivity contribution in [2.24, 2.45) is 0 Å². The first-order valence-electron chi connectivity index (χ1n) is 10.2. The van der Waals surface area contributed by atoms with Crippen molar-refractivity contribution in [1.82, 2.24) is 14.9 Å². The molecule has 1 amide bonds. The molecule has 0 unspecified atom stereocenters. The first-order valence-corrected chi connectivity index (χ1v) is 10.6. The Hall–Kier alpha value is -2.17. The Morgan fingerprint density at radius 3 is 2.62 bits per heavy atom. The highest BCUT2D eigenvalue weighted by molar-refractivity contribution is 6.30. The number of hydrogen-bond donors (Lipinski definition) is 1. The number of carbonyl (C=O) groups excluding carboxylic acids is 1. The average molecular weight is 474 g/mol. The summed E-state index contributed by atoms with van der Waals surface area (Å²) in [6.45, 7) is -0.191. The van der Waals surface area contributed by atoms with Gasteiger partial charge in [-0.1, -0.05) is 11.6 Å². The molecule has 1 heterocycles. The molecule has 0 spiro atoms. The molecular formula is C21H20ClF4N3O3. The molecule has 0 radical (unpaired) electrons. The van der Waals surface area contributed by atoms with Crippen molar-refractivity contribution in [3.8, 4) is 11.3 Å². The molecule has 172 valence electrons. The number of carbonyl (C=O) groups is 1. The van der Waals surface area contributed by atoms with E-state index in [0.29, 0.717) is 16.3 Å². The number of ether oxygens (including phenoxy) is 2. The summed E-state index contributed by atoms with van der Waals surface area (Å²) in [5.41, 5.74) is 0.457. The molecule has 2 bridgehead atoms. The van der Waals surface area contributed by atoms with E-state index in [-0.39, 0.29) is 36.4 Å². The fraction of sp³-hybridized carbons (Fsp3) is 0.524. The molecule has 0 aliphatic heterocycles. The molecule has 2 aromatic rings. The predicted octanol–water partition coefficient (Wildman–Crippen LogP) is 4.17. The van der Waals surface area contributed by atoms with Gasteiger partial charge in [0, 0.05) is 35.2 Å². The second kappa shape index (κ2) is 7.43. The lowest BCUT2D eigenvalue weighted by atomic mass is 9.44. The van der Waals surface area contributed by atoms with E-state index in [1.807, 2.05) is 4.57 Å².